The van der Waals surface area contributed by atoms with Gasteiger partial charge in [-0.1, -0.05) is 0 Å². The third kappa shape index (κ3) is 11.4. The maximum Gasteiger partial charge on any atom is 0.319 e. The molecule has 2 aliphatic rings. The van der Waals surface area contributed by atoms with E-state index in [2.05, 4.69) is 75.0 Å². The molecule has 0 radical (unpaired) electrons. The standard InChI is InChI=1S/C25H34N10O2.C21H27N9O/c1-15(2)28-25(37)30-20-8-6-19(7-9-20)29-24-31-23(26)35(32-24)21-10-11-27-22(12-21)33-13-16(3)34(18(5)36)17(4)14-33;1-13-11-28(12-14(2)29(13)15(3)31)19-10-18(8-9-24-19)30-20(23)26-21(27-30)25-17-6-4-16(22)5-7-17/h6-12,15-17H,13-14H2,1-5H3,(H2,28,30,37)(H3,26,29,31,32);4-10,13-14H,11-12,22H2,1-3H3,(H3,23,25,26,27)/t16-,17+;13-,14+. The molecule has 0 unspecified atom stereocenters. The van der Waals surface area contributed by atoms with Gasteiger partial charge >= 0.3 is 6.03 Å². The second-order valence-corrected chi connectivity index (χ2v) is 17.4. The van der Waals surface area contributed by atoms with Crippen LogP contribution in [-0.2, 0) is 9.59 Å². The fourth-order valence-corrected chi connectivity index (χ4v) is 8.71. The zero-order chi connectivity index (χ0) is 48.8. The number of amides is 4. The predicted molar refractivity (Wildman–Crippen MR) is 266 cm³/mol. The number of nitrogens with two attached hydrogens (primary N) is 3. The summed E-state index contributed by atoms with van der Waals surface area (Å²) in [4.78, 5) is 61.7. The van der Waals surface area contributed by atoms with Crippen molar-refractivity contribution in [1.29, 1.82) is 0 Å². The maximum absolute atomic E-state index is 12.0. The van der Waals surface area contributed by atoms with Crippen molar-refractivity contribution in [3.8, 4) is 11.4 Å². The average Bonchev–Trinajstić information content (AvgIpc) is 3.84. The predicted octanol–water partition coefficient (Wildman–Crippen LogP) is 4.98. The van der Waals surface area contributed by atoms with E-state index in [0.717, 1.165) is 34.4 Å². The van der Waals surface area contributed by atoms with Crippen molar-refractivity contribution in [1.82, 2.24) is 54.6 Å². The summed E-state index contributed by atoms with van der Waals surface area (Å²) in [7, 11) is 0. The minimum atomic E-state index is -0.259. The van der Waals surface area contributed by atoms with Gasteiger partial charge in [-0.05, 0) is 102 Å². The zero-order valence-corrected chi connectivity index (χ0v) is 39.6. The lowest BCUT2D eigenvalue weighted by molar-refractivity contribution is -0.134. The molecule has 22 nitrogen and oxygen atoms in total. The Morgan fingerprint density at radius 3 is 1.35 bits per heavy atom. The molecule has 0 aliphatic carbocycles. The number of nitrogens with zero attached hydrogens (tertiary/aromatic N) is 12. The highest BCUT2D eigenvalue weighted by Crippen LogP contribution is 2.27. The first-order chi connectivity index (χ1) is 32.4. The molecule has 22 heteroatoms. The minimum Gasteiger partial charge on any atom is -0.399 e. The van der Waals surface area contributed by atoms with Crippen LogP contribution in [0.5, 0.6) is 0 Å². The largest absolute Gasteiger partial charge is 0.399 e. The van der Waals surface area contributed by atoms with Gasteiger partial charge in [0.1, 0.15) is 11.6 Å². The monoisotopic (exact) mass is 928 g/mol. The number of anilines is 10. The molecular weight excluding hydrogens is 867 g/mol. The van der Waals surface area contributed by atoms with Gasteiger partial charge < -0.3 is 58.1 Å². The number of pyridine rings is 2. The van der Waals surface area contributed by atoms with E-state index in [0.29, 0.717) is 49.5 Å². The second-order valence-electron chi connectivity index (χ2n) is 17.4. The third-order valence-electron chi connectivity index (χ3n) is 11.4. The summed E-state index contributed by atoms with van der Waals surface area (Å²) in [5.74, 6) is 2.99. The minimum absolute atomic E-state index is 0.0492. The third-order valence-corrected chi connectivity index (χ3v) is 11.4. The molecule has 2 aromatic carbocycles. The number of nitrogens with one attached hydrogen (secondary N) is 4. The summed E-state index contributed by atoms with van der Waals surface area (Å²) in [6.45, 7) is 18.0. The molecular formula is C46H61N19O3. The molecule has 2 aliphatic heterocycles. The molecule has 4 amide bonds. The Hall–Kier alpha value is -8.17. The first-order valence-electron chi connectivity index (χ1n) is 22.4. The number of benzene rings is 2. The van der Waals surface area contributed by atoms with Gasteiger partial charge in [-0.15, -0.1) is 10.2 Å². The molecule has 0 saturated carbocycles. The normalized spacial score (nSPS) is 18.1. The van der Waals surface area contributed by atoms with Gasteiger partial charge in [-0.3, -0.25) is 9.59 Å². The fourth-order valence-electron chi connectivity index (χ4n) is 8.71. The zero-order valence-electron chi connectivity index (χ0n) is 39.6. The van der Waals surface area contributed by atoms with E-state index in [-0.39, 0.29) is 60.0 Å². The van der Waals surface area contributed by atoms with Crippen molar-refractivity contribution in [3.05, 3.63) is 85.2 Å². The molecule has 0 bridgehead atoms. The molecule has 10 N–H and O–H groups in total. The smallest absolute Gasteiger partial charge is 0.319 e. The van der Waals surface area contributed by atoms with E-state index in [4.69, 9.17) is 17.2 Å². The lowest BCUT2D eigenvalue weighted by Gasteiger charge is -2.44. The molecule has 358 valence electrons. The van der Waals surface area contributed by atoms with Crippen molar-refractivity contribution in [2.45, 2.75) is 85.6 Å². The van der Waals surface area contributed by atoms with Crippen LogP contribution in [0, 0.1) is 0 Å². The van der Waals surface area contributed by atoms with Crippen LogP contribution in [0.1, 0.15) is 55.4 Å². The molecule has 6 heterocycles. The van der Waals surface area contributed by atoms with Crippen LogP contribution in [0.25, 0.3) is 11.4 Å². The number of hydrogen-bond donors (Lipinski definition) is 7. The summed E-state index contributed by atoms with van der Waals surface area (Å²) >= 11 is 0. The van der Waals surface area contributed by atoms with Gasteiger partial charge in [0, 0.05) is 118 Å². The Labute approximate surface area is 395 Å². The highest BCUT2D eigenvalue weighted by atomic mass is 16.2. The van der Waals surface area contributed by atoms with Gasteiger partial charge in [0.25, 0.3) is 0 Å². The quantitative estimate of drug-likeness (QED) is 0.0893. The number of carbonyl (C=O) groups excluding carboxylic acids is 3. The van der Waals surface area contributed by atoms with E-state index in [1.807, 2.05) is 86.0 Å². The number of nitrogen functional groups attached to an aromatic ring is 3. The Balaban J connectivity index is 0.000000204. The molecule has 4 atom stereocenters. The molecule has 2 saturated heterocycles. The SMILES string of the molecule is CC(=O)N1[C@H](C)CN(c2cc(-n3nc(Nc4ccc(N)cc4)nc3N)ccn2)C[C@@H]1C.CC(=O)N1[C@H](C)CN(c2cc(-n3nc(Nc4ccc(NC(=O)NC(C)C)cc4)nc3N)ccn2)C[C@@H]1C. The van der Waals surface area contributed by atoms with Gasteiger partial charge in [0.05, 0.1) is 11.4 Å². The Morgan fingerprint density at radius 1 is 0.588 bits per heavy atom. The van der Waals surface area contributed by atoms with E-state index < -0.39 is 0 Å². The van der Waals surface area contributed by atoms with Gasteiger partial charge in [-0.2, -0.15) is 19.3 Å². The molecule has 0 spiro atoms. The number of urea groups is 1. The van der Waals surface area contributed by atoms with Crippen LogP contribution in [-0.4, -0.2) is 124 Å². The number of carbonyl (C=O) groups is 3. The van der Waals surface area contributed by atoms with Crippen molar-refractivity contribution in [2.24, 2.45) is 0 Å². The number of rotatable bonds is 10. The van der Waals surface area contributed by atoms with Crippen LogP contribution < -0.4 is 48.3 Å². The van der Waals surface area contributed by atoms with E-state index in [1.54, 1.807) is 59.9 Å². The average molecular weight is 928 g/mol. The Bertz CT molecular complexity index is 2680. The Kier molecular flexibility index (Phi) is 14.4. The Morgan fingerprint density at radius 2 is 0.971 bits per heavy atom. The van der Waals surface area contributed by atoms with E-state index >= 15 is 0 Å². The van der Waals surface area contributed by atoms with Crippen molar-refractivity contribution >= 4 is 76.0 Å². The first-order valence-corrected chi connectivity index (χ1v) is 22.4. The highest BCUT2D eigenvalue weighted by Gasteiger charge is 2.33. The lowest BCUT2D eigenvalue weighted by Crippen LogP contribution is -2.58. The van der Waals surface area contributed by atoms with E-state index in [9.17, 15) is 14.4 Å². The van der Waals surface area contributed by atoms with Crippen molar-refractivity contribution in [2.75, 3.05) is 69.1 Å². The van der Waals surface area contributed by atoms with Crippen LogP contribution in [0.15, 0.2) is 85.2 Å². The molecule has 4 aromatic heterocycles. The van der Waals surface area contributed by atoms with Crippen LogP contribution >= 0.6 is 0 Å². The van der Waals surface area contributed by atoms with Crippen molar-refractivity contribution < 1.29 is 14.4 Å². The first kappa shape index (κ1) is 47.8. The summed E-state index contributed by atoms with van der Waals surface area (Å²) in [5, 5.41) is 20.8. The number of hydrogen-bond acceptors (Lipinski definition) is 16. The van der Waals surface area contributed by atoms with Crippen LogP contribution in [0.3, 0.4) is 0 Å². The number of aromatic nitrogens is 8. The molecule has 2 fully saturated rings. The van der Waals surface area contributed by atoms with Crippen molar-refractivity contribution in [3.63, 3.8) is 0 Å². The van der Waals surface area contributed by atoms with Crippen LogP contribution in [0.4, 0.5) is 63.0 Å². The second kappa shape index (κ2) is 20.6. The van der Waals surface area contributed by atoms with Crippen LogP contribution in [0.2, 0.25) is 0 Å². The lowest BCUT2D eigenvalue weighted by atomic mass is 10.1. The molecule has 8 rings (SSSR count). The van der Waals surface area contributed by atoms with E-state index in [1.165, 1.54) is 0 Å². The summed E-state index contributed by atoms with van der Waals surface area (Å²) < 4.78 is 3.13. The highest BCUT2D eigenvalue weighted by molar-refractivity contribution is 5.89. The topological polar surface area (TPSA) is 278 Å². The summed E-state index contributed by atoms with van der Waals surface area (Å²) in [6, 6.07) is 22.1. The van der Waals surface area contributed by atoms with Gasteiger partial charge in [0.15, 0.2) is 0 Å². The summed E-state index contributed by atoms with van der Waals surface area (Å²) in [5.41, 5.74) is 22.4. The van der Waals surface area contributed by atoms with Gasteiger partial charge in [0.2, 0.25) is 35.6 Å². The summed E-state index contributed by atoms with van der Waals surface area (Å²) in [6.07, 6.45) is 3.44. The molecule has 68 heavy (non-hydrogen) atoms. The molecule has 6 aromatic rings. The van der Waals surface area contributed by atoms with Gasteiger partial charge in [-0.25, -0.2) is 14.8 Å². The fraction of sp³-hybridized carbons (Fsp3) is 0.370. The number of piperazine rings is 2. The maximum atomic E-state index is 12.0.